The van der Waals surface area contributed by atoms with Gasteiger partial charge in [0.25, 0.3) is 0 Å². The summed E-state index contributed by atoms with van der Waals surface area (Å²) >= 11 is 2.70. The van der Waals surface area contributed by atoms with Crippen LogP contribution in [0.2, 0.25) is 0 Å². The Bertz CT molecular complexity index is 436. The van der Waals surface area contributed by atoms with Crippen LogP contribution < -0.4 is 9.88 Å². The molecule has 0 amide bonds. The van der Waals surface area contributed by atoms with Crippen LogP contribution in [-0.2, 0) is 10.0 Å². The number of hydrogen-bond donors (Lipinski definition) is 1. The third-order valence-corrected chi connectivity index (χ3v) is 5.24. The first kappa shape index (κ1) is 12.8. The van der Waals surface area contributed by atoms with E-state index in [9.17, 15) is 8.42 Å². The zero-order valence-electron chi connectivity index (χ0n) is 8.68. The SMILES string of the molecule is COc1cc(S(N)(=O)=O)sc1SC(C)C. The monoisotopic (exact) mass is 267 g/mol. The molecule has 15 heavy (non-hydrogen) atoms. The molecule has 1 aromatic heterocycles. The van der Waals surface area contributed by atoms with Crippen LogP contribution in [-0.4, -0.2) is 20.8 Å². The summed E-state index contributed by atoms with van der Waals surface area (Å²) in [7, 11) is -2.11. The molecule has 0 unspecified atom stereocenters. The van der Waals surface area contributed by atoms with Crippen LogP contribution in [0.15, 0.2) is 14.5 Å². The number of nitrogens with two attached hydrogens (primary N) is 1. The molecule has 7 heteroatoms. The molecular formula is C8H13NO3S3. The summed E-state index contributed by atoms with van der Waals surface area (Å²) in [5.74, 6) is 0.572. The second-order valence-electron chi connectivity index (χ2n) is 3.13. The molecule has 0 radical (unpaired) electrons. The molecule has 2 N–H and O–H groups in total. The van der Waals surface area contributed by atoms with E-state index < -0.39 is 10.0 Å². The molecular weight excluding hydrogens is 254 g/mol. The summed E-state index contributed by atoms with van der Waals surface area (Å²) in [5, 5.41) is 5.41. The molecule has 0 saturated carbocycles. The Balaban J connectivity index is 3.12. The first-order valence-electron chi connectivity index (χ1n) is 4.22. The van der Waals surface area contributed by atoms with Gasteiger partial charge in [0.05, 0.1) is 7.11 Å². The molecule has 0 aromatic carbocycles. The van der Waals surface area contributed by atoms with E-state index in [1.165, 1.54) is 13.2 Å². The molecule has 0 saturated heterocycles. The van der Waals surface area contributed by atoms with Gasteiger partial charge in [0.1, 0.15) is 14.2 Å². The van der Waals surface area contributed by atoms with Gasteiger partial charge in [-0.25, -0.2) is 13.6 Å². The molecule has 0 fully saturated rings. The molecule has 0 aliphatic carbocycles. The lowest BCUT2D eigenvalue weighted by molar-refractivity contribution is 0.407. The van der Waals surface area contributed by atoms with Crippen molar-refractivity contribution in [1.29, 1.82) is 0 Å². The molecule has 0 bridgehead atoms. The van der Waals surface area contributed by atoms with Crippen molar-refractivity contribution in [3.8, 4) is 5.75 Å². The van der Waals surface area contributed by atoms with Gasteiger partial charge in [0, 0.05) is 11.3 Å². The zero-order valence-corrected chi connectivity index (χ0v) is 11.1. The highest BCUT2D eigenvalue weighted by Crippen LogP contribution is 2.40. The Morgan fingerprint density at radius 3 is 2.53 bits per heavy atom. The molecule has 1 heterocycles. The zero-order chi connectivity index (χ0) is 11.6. The van der Waals surface area contributed by atoms with Crippen molar-refractivity contribution < 1.29 is 13.2 Å². The smallest absolute Gasteiger partial charge is 0.247 e. The summed E-state index contributed by atoms with van der Waals surface area (Å²) < 4.78 is 28.3. The van der Waals surface area contributed by atoms with E-state index >= 15 is 0 Å². The topological polar surface area (TPSA) is 69.4 Å². The highest BCUT2D eigenvalue weighted by atomic mass is 32.3. The number of methoxy groups -OCH3 is 1. The quantitative estimate of drug-likeness (QED) is 0.846. The lowest BCUT2D eigenvalue weighted by atomic mass is 10.6. The van der Waals surface area contributed by atoms with Crippen molar-refractivity contribution in [2.75, 3.05) is 7.11 Å². The first-order chi connectivity index (χ1) is 6.84. The average molecular weight is 267 g/mol. The normalized spacial score (nSPS) is 12.1. The molecule has 0 aliphatic heterocycles. The Morgan fingerprint density at radius 2 is 2.13 bits per heavy atom. The standard InChI is InChI=1S/C8H13NO3S3/c1-5(2)13-8-6(12-3)4-7(14-8)15(9,10)11/h4-5H,1-3H3,(H2,9,10,11). The van der Waals surface area contributed by atoms with Gasteiger partial charge in [-0.3, -0.25) is 0 Å². The number of hydrogen-bond acceptors (Lipinski definition) is 5. The lowest BCUT2D eigenvalue weighted by Crippen LogP contribution is -2.09. The number of primary sulfonamides is 1. The van der Waals surface area contributed by atoms with Gasteiger partial charge in [-0.05, 0) is 0 Å². The highest BCUT2D eigenvalue weighted by Gasteiger charge is 2.18. The van der Waals surface area contributed by atoms with Crippen molar-refractivity contribution in [3.05, 3.63) is 6.07 Å². The van der Waals surface area contributed by atoms with Crippen LogP contribution in [0.3, 0.4) is 0 Å². The van der Waals surface area contributed by atoms with E-state index in [0.717, 1.165) is 15.5 Å². The highest BCUT2D eigenvalue weighted by molar-refractivity contribution is 8.02. The van der Waals surface area contributed by atoms with Crippen LogP contribution >= 0.6 is 23.1 Å². The molecule has 86 valence electrons. The number of thioether (sulfide) groups is 1. The Hall–Kier alpha value is -0.240. The summed E-state index contributed by atoms with van der Waals surface area (Å²) in [4.78, 5) is 0. The van der Waals surface area contributed by atoms with Gasteiger partial charge in [0.2, 0.25) is 10.0 Å². The van der Waals surface area contributed by atoms with Crippen LogP contribution in [0.4, 0.5) is 0 Å². The van der Waals surface area contributed by atoms with E-state index in [4.69, 9.17) is 9.88 Å². The van der Waals surface area contributed by atoms with Gasteiger partial charge in [0.15, 0.2) is 0 Å². The second kappa shape index (κ2) is 4.73. The number of sulfonamides is 1. The Kier molecular flexibility index (Phi) is 4.05. The van der Waals surface area contributed by atoms with E-state index in [1.54, 1.807) is 11.8 Å². The summed E-state index contributed by atoms with van der Waals surface area (Å²) in [6.45, 7) is 4.06. The molecule has 1 aromatic rings. The lowest BCUT2D eigenvalue weighted by Gasteiger charge is -2.03. The minimum Gasteiger partial charge on any atom is -0.495 e. The number of thiophene rings is 1. The second-order valence-corrected chi connectivity index (χ2v) is 7.82. The minimum absolute atomic E-state index is 0.141. The predicted molar refractivity (Wildman–Crippen MR) is 63.2 cm³/mol. The van der Waals surface area contributed by atoms with Gasteiger partial charge < -0.3 is 4.74 Å². The fourth-order valence-corrected chi connectivity index (χ4v) is 4.38. The van der Waals surface area contributed by atoms with Crippen LogP contribution in [0.25, 0.3) is 0 Å². The largest absolute Gasteiger partial charge is 0.495 e. The van der Waals surface area contributed by atoms with Crippen LogP contribution in [0.1, 0.15) is 13.8 Å². The Morgan fingerprint density at radius 1 is 1.53 bits per heavy atom. The van der Waals surface area contributed by atoms with Crippen molar-refractivity contribution in [2.24, 2.45) is 5.14 Å². The Labute approximate surface area is 97.9 Å². The van der Waals surface area contributed by atoms with Crippen molar-refractivity contribution in [1.82, 2.24) is 0 Å². The van der Waals surface area contributed by atoms with Gasteiger partial charge in [-0.1, -0.05) is 13.8 Å². The van der Waals surface area contributed by atoms with Crippen molar-refractivity contribution in [3.63, 3.8) is 0 Å². The van der Waals surface area contributed by atoms with Gasteiger partial charge >= 0.3 is 0 Å². The van der Waals surface area contributed by atoms with Crippen molar-refractivity contribution >= 4 is 33.1 Å². The molecule has 0 atom stereocenters. The van der Waals surface area contributed by atoms with E-state index in [-0.39, 0.29) is 4.21 Å². The van der Waals surface area contributed by atoms with E-state index in [2.05, 4.69) is 0 Å². The van der Waals surface area contributed by atoms with Gasteiger partial charge in [-0.15, -0.1) is 23.1 Å². The molecule has 0 aliphatic rings. The fraction of sp³-hybridized carbons (Fsp3) is 0.500. The van der Waals surface area contributed by atoms with Crippen LogP contribution in [0, 0.1) is 0 Å². The molecule has 0 spiro atoms. The molecule has 1 rings (SSSR count). The summed E-state index contributed by atoms with van der Waals surface area (Å²) in [6, 6.07) is 1.46. The maximum absolute atomic E-state index is 11.1. The number of ether oxygens (including phenoxy) is 1. The third-order valence-electron chi connectivity index (χ3n) is 1.49. The van der Waals surface area contributed by atoms with E-state index in [1.807, 2.05) is 13.8 Å². The maximum atomic E-state index is 11.1. The van der Waals surface area contributed by atoms with E-state index in [0.29, 0.717) is 11.0 Å². The van der Waals surface area contributed by atoms with Crippen molar-refractivity contribution in [2.45, 2.75) is 27.5 Å². The third kappa shape index (κ3) is 3.37. The fourth-order valence-electron chi connectivity index (χ4n) is 0.916. The van der Waals surface area contributed by atoms with Gasteiger partial charge in [-0.2, -0.15) is 0 Å². The minimum atomic E-state index is -3.63. The number of rotatable bonds is 4. The van der Waals surface area contributed by atoms with Crippen LogP contribution in [0.5, 0.6) is 5.75 Å². The summed E-state index contributed by atoms with van der Waals surface area (Å²) in [6.07, 6.45) is 0. The molecule has 4 nitrogen and oxygen atoms in total. The average Bonchev–Trinajstić information content (AvgIpc) is 2.45. The summed E-state index contributed by atoms with van der Waals surface area (Å²) in [5.41, 5.74) is 0. The predicted octanol–water partition coefficient (Wildman–Crippen LogP) is 1.90. The first-order valence-corrected chi connectivity index (χ1v) is 7.46. The maximum Gasteiger partial charge on any atom is 0.247 e.